The van der Waals surface area contributed by atoms with Crippen LogP contribution in [-0.2, 0) is 0 Å². The SMILES string of the molecule is CCC(C)/C(=C\c1c(C)ccc2c1ccc1cc3ccccc3cc12)C(C)C. The first kappa shape index (κ1) is 18.7. The summed E-state index contributed by atoms with van der Waals surface area (Å²) in [5.74, 6) is 1.17. The molecule has 0 spiro atoms. The second-order valence-corrected chi connectivity index (χ2v) is 8.49. The second-order valence-electron chi connectivity index (χ2n) is 8.49. The maximum Gasteiger partial charge on any atom is -0.00988 e. The molecule has 0 radical (unpaired) electrons. The lowest BCUT2D eigenvalue weighted by Gasteiger charge is -2.20. The van der Waals surface area contributed by atoms with Crippen LogP contribution in [0, 0.1) is 18.8 Å². The second kappa shape index (κ2) is 7.43. The van der Waals surface area contributed by atoms with E-state index in [1.54, 1.807) is 5.57 Å². The lowest BCUT2D eigenvalue weighted by atomic mass is 9.86. The molecule has 4 aromatic carbocycles. The van der Waals surface area contributed by atoms with Crippen molar-refractivity contribution < 1.29 is 0 Å². The Labute approximate surface area is 168 Å². The highest BCUT2D eigenvalue weighted by Crippen LogP contribution is 2.35. The molecule has 0 aliphatic carbocycles. The number of aryl methyl sites for hydroxylation is 1. The van der Waals surface area contributed by atoms with Crippen molar-refractivity contribution in [1.29, 1.82) is 0 Å². The van der Waals surface area contributed by atoms with Gasteiger partial charge in [0.1, 0.15) is 0 Å². The summed E-state index contributed by atoms with van der Waals surface area (Å²) in [6.07, 6.45) is 3.66. The van der Waals surface area contributed by atoms with E-state index in [0.717, 1.165) is 0 Å². The number of hydrogen-bond acceptors (Lipinski definition) is 0. The first-order valence-corrected chi connectivity index (χ1v) is 10.6. The third-order valence-electron chi connectivity index (χ3n) is 6.30. The monoisotopic (exact) mass is 366 g/mol. The van der Waals surface area contributed by atoms with Gasteiger partial charge in [-0.05, 0) is 80.8 Å². The van der Waals surface area contributed by atoms with Crippen LogP contribution in [0.1, 0.15) is 45.2 Å². The zero-order chi connectivity index (χ0) is 19.8. The Balaban J connectivity index is 2.03. The Kier molecular flexibility index (Phi) is 4.98. The Morgan fingerprint density at radius 1 is 0.786 bits per heavy atom. The molecule has 0 aliphatic rings. The third-order valence-corrected chi connectivity index (χ3v) is 6.30. The molecule has 0 saturated carbocycles. The Morgan fingerprint density at radius 2 is 1.46 bits per heavy atom. The van der Waals surface area contributed by atoms with Crippen molar-refractivity contribution in [3.05, 3.63) is 77.4 Å². The van der Waals surface area contributed by atoms with Crippen LogP contribution >= 0.6 is 0 Å². The summed E-state index contributed by atoms with van der Waals surface area (Å²) in [6.45, 7) is 11.5. The van der Waals surface area contributed by atoms with Crippen LogP contribution in [0.25, 0.3) is 38.4 Å². The summed E-state index contributed by atoms with van der Waals surface area (Å²) in [4.78, 5) is 0. The lowest BCUT2D eigenvalue weighted by Crippen LogP contribution is -2.05. The van der Waals surface area contributed by atoms with Gasteiger partial charge in [-0.25, -0.2) is 0 Å². The Morgan fingerprint density at radius 3 is 2.14 bits per heavy atom. The molecule has 28 heavy (non-hydrogen) atoms. The molecule has 4 aromatic rings. The molecule has 4 rings (SSSR count). The molecule has 0 amide bonds. The topological polar surface area (TPSA) is 0 Å². The predicted octanol–water partition coefficient (Wildman–Crippen LogP) is 8.54. The van der Waals surface area contributed by atoms with Gasteiger partial charge in [-0.1, -0.05) is 87.9 Å². The molecular formula is C28H30. The average molecular weight is 367 g/mol. The lowest BCUT2D eigenvalue weighted by molar-refractivity contribution is 0.574. The molecule has 1 atom stereocenters. The van der Waals surface area contributed by atoms with Gasteiger partial charge in [-0.3, -0.25) is 0 Å². The minimum atomic E-state index is 0.564. The summed E-state index contributed by atoms with van der Waals surface area (Å²) >= 11 is 0. The van der Waals surface area contributed by atoms with E-state index in [9.17, 15) is 0 Å². The van der Waals surface area contributed by atoms with Crippen molar-refractivity contribution in [3.8, 4) is 0 Å². The first-order valence-electron chi connectivity index (χ1n) is 10.6. The van der Waals surface area contributed by atoms with E-state index < -0.39 is 0 Å². The maximum absolute atomic E-state index is 2.48. The van der Waals surface area contributed by atoms with Crippen molar-refractivity contribution in [2.75, 3.05) is 0 Å². The van der Waals surface area contributed by atoms with E-state index in [4.69, 9.17) is 0 Å². The van der Waals surface area contributed by atoms with Crippen molar-refractivity contribution in [2.24, 2.45) is 11.8 Å². The van der Waals surface area contributed by atoms with E-state index >= 15 is 0 Å². The van der Waals surface area contributed by atoms with Crippen LogP contribution < -0.4 is 0 Å². The first-order chi connectivity index (χ1) is 13.5. The van der Waals surface area contributed by atoms with Crippen LogP contribution in [0.5, 0.6) is 0 Å². The molecule has 0 heteroatoms. The van der Waals surface area contributed by atoms with Crippen molar-refractivity contribution in [3.63, 3.8) is 0 Å². The highest BCUT2D eigenvalue weighted by molar-refractivity contribution is 6.14. The fourth-order valence-electron chi connectivity index (χ4n) is 4.43. The van der Waals surface area contributed by atoms with E-state index in [0.29, 0.717) is 11.8 Å². The number of fused-ring (bicyclic) bond motifs is 4. The number of benzene rings is 4. The smallest absolute Gasteiger partial charge is 0.00988 e. The molecule has 0 N–H and O–H groups in total. The standard InChI is InChI=1S/C28H30/c1-6-19(4)26(18(2)3)17-27-20(5)11-13-25-24(27)14-12-23-15-21-9-7-8-10-22(21)16-28(23)25/h7-19H,6H2,1-5H3/b26-17-. The van der Waals surface area contributed by atoms with Gasteiger partial charge in [0.2, 0.25) is 0 Å². The number of rotatable bonds is 4. The molecule has 0 heterocycles. The molecule has 0 fully saturated rings. The van der Waals surface area contributed by atoms with Crippen LogP contribution in [0.3, 0.4) is 0 Å². The van der Waals surface area contributed by atoms with Gasteiger partial charge in [0.05, 0.1) is 0 Å². The molecule has 0 aromatic heterocycles. The number of allylic oxidation sites excluding steroid dienone is 1. The van der Waals surface area contributed by atoms with Crippen LogP contribution in [0.15, 0.2) is 66.2 Å². The summed E-state index contributed by atoms with van der Waals surface area (Å²) in [5.41, 5.74) is 4.29. The predicted molar refractivity (Wildman–Crippen MR) is 126 cm³/mol. The number of hydrogen-bond donors (Lipinski definition) is 0. The van der Waals surface area contributed by atoms with Gasteiger partial charge in [0, 0.05) is 0 Å². The minimum Gasteiger partial charge on any atom is -0.0648 e. The highest BCUT2D eigenvalue weighted by Gasteiger charge is 2.13. The van der Waals surface area contributed by atoms with E-state index in [1.807, 2.05) is 0 Å². The van der Waals surface area contributed by atoms with Gasteiger partial charge in [-0.2, -0.15) is 0 Å². The third kappa shape index (κ3) is 3.22. The normalized spacial score (nSPS) is 13.7. The average Bonchev–Trinajstić information content (AvgIpc) is 2.70. The Hall–Kier alpha value is -2.60. The largest absolute Gasteiger partial charge is 0.0648 e. The molecule has 0 nitrogen and oxygen atoms in total. The fourth-order valence-corrected chi connectivity index (χ4v) is 4.43. The van der Waals surface area contributed by atoms with E-state index in [1.165, 1.54) is 49.9 Å². The van der Waals surface area contributed by atoms with Crippen molar-refractivity contribution in [1.82, 2.24) is 0 Å². The molecule has 0 aliphatic heterocycles. The summed E-state index contributed by atoms with van der Waals surface area (Å²) in [7, 11) is 0. The van der Waals surface area contributed by atoms with Gasteiger partial charge in [-0.15, -0.1) is 0 Å². The summed E-state index contributed by atoms with van der Waals surface area (Å²) < 4.78 is 0. The van der Waals surface area contributed by atoms with Crippen LogP contribution in [-0.4, -0.2) is 0 Å². The fraction of sp³-hybridized carbons (Fsp3) is 0.286. The minimum absolute atomic E-state index is 0.564. The maximum atomic E-state index is 2.48. The molecule has 1 unspecified atom stereocenters. The zero-order valence-corrected chi connectivity index (χ0v) is 17.7. The molecule has 142 valence electrons. The van der Waals surface area contributed by atoms with Gasteiger partial charge in [0.15, 0.2) is 0 Å². The quantitative estimate of drug-likeness (QED) is 0.251. The Bertz CT molecular complexity index is 1190. The van der Waals surface area contributed by atoms with Gasteiger partial charge in [0.25, 0.3) is 0 Å². The van der Waals surface area contributed by atoms with Crippen molar-refractivity contribution >= 4 is 38.4 Å². The zero-order valence-electron chi connectivity index (χ0n) is 17.7. The van der Waals surface area contributed by atoms with E-state index in [-0.39, 0.29) is 0 Å². The molecule has 0 bridgehead atoms. The van der Waals surface area contributed by atoms with Crippen LogP contribution in [0.4, 0.5) is 0 Å². The van der Waals surface area contributed by atoms with Gasteiger partial charge >= 0.3 is 0 Å². The van der Waals surface area contributed by atoms with Crippen LogP contribution in [0.2, 0.25) is 0 Å². The molecule has 0 saturated heterocycles. The van der Waals surface area contributed by atoms with Crippen molar-refractivity contribution in [2.45, 2.75) is 41.0 Å². The molecular weight excluding hydrogens is 336 g/mol. The summed E-state index contributed by atoms with van der Waals surface area (Å²) in [6, 6.07) is 22.5. The highest BCUT2D eigenvalue weighted by atomic mass is 14.2. The summed E-state index contributed by atoms with van der Waals surface area (Å²) in [5, 5.41) is 8.00. The van der Waals surface area contributed by atoms with Gasteiger partial charge < -0.3 is 0 Å². The van der Waals surface area contributed by atoms with E-state index in [2.05, 4.69) is 101 Å².